The second-order valence-corrected chi connectivity index (χ2v) is 8.39. The lowest BCUT2D eigenvalue weighted by Gasteiger charge is -2.30. The highest BCUT2D eigenvalue weighted by atomic mass is 16.5. The van der Waals surface area contributed by atoms with Crippen LogP contribution in [0.5, 0.6) is 0 Å². The lowest BCUT2D eigenvalue weighted by molar-refractivity contribution is -0.146. The van der Waals surface area contributed by atoms with Gasteiger partial charge in [-0.15, -0.1) is 0 Å². The van der Waals surface area contributed by atoms with Gasteiger partial charge in [-0.3, -0.25) is 14.4 Å². The highest BCUT2D eigenvalue weighted by Gasteiger charge is 2.37. The molecule has 2 fully saturated rings. The molecule has 0 saturated carbocycles. The number of nitrogens with one attached hydrogen (secondary N) is 1. The van der Waals surface area contributed by atoms with Crippen LogP contribution in [0.15, 0.2) is 24.3 Å². The third-order valence-corrected chi connectivity index (χ3v) is 5.87. The standard InChI is InChI=1S/C23H34N4O4/c1-4-25(23(30)20-6-5-11-27(20)22(29)17(2)3)16-21(28)24-18-7-9-19(10-8-18)26-12-14-31-15-13-26/h7-10,17,20H,4-6,11-16H2,1-3H3,(H,24,28). The molecule has 1 aromatic rings. The number of hydrogen-bond acceptors (Lipinski definition) is 5. The third-order valence-electron chi connectivity index (χ3n) is 5.87. The summed E-state index contributed by atoms with van der Waals surface area (Å²) in [5, 5.41) is 2.88. The zero-order chi connectivity index (χ0) is 22.4. The molecule has 2 heterocycles. The summed E-state index contributed by atoms with van der Waals surface area (Å²) in [6.07, 6.45) is 1.46. The van der Waals surface area contributed by atoms with E-state index < -0.39 is 6.04 Å². The number of ether oxygens (including phenoxy) is 1. The molecule has 1 atom stereocenters. The maximum absolute atomic E-state index is 13.1. The summed E-state index contributed by atoms with van der Waals surface area (Å²) in [5.41, 5.74) is 1.80. The van der Waals surface area contributed by atoms with E-state index in [1.807, 2.05) is 45.0 Å². The van der Waals surface area contributed by atoms with Crippen molar-refractivity contribution in [2.45, 2.75) is 39.7 Å². The molecule has 8 heteroatoms. The molecule has 2 aliphatic rings. The van der Waals surface area contributed by atoms with E-state index in [1.54, 1.807) is 4.90 Å². The highest BCUT2D eigenvalue weighted by Crippen LogP contribution is 2.22. The number of hydrogen-bond donors (Lipinski definition) is 1. The molecule has 0 bridgehead atoms. The van der Waals surface area contributed by atoms with Gasteiger partial charge in [-0.05, 0) is 44.0 Å². The normalized spacial score (nSPS) is 18.9. The van der Waals surface area contributed by atoms with E-state index in [9.17, 15) is 14.4 Å². The van der Waals surface area contributed by atoms with Crippen molar-refractivity contribution in [1.29, 1.82) is 0 Å². The van der Waals surface area contributed by atoms with Crippen molar-refractivity contribution in [3.8, 4) is 0 Å². The molecule has 0 aliphatic carbocycles. The fourth-order valence-electron chi connectivity index (χ4n) is 4.13. The summed E-state index contributed by atoms with van der Waals surface area (Å²) in [7, 11) is 0. The van der Waals surface area contributed by atoms with E-state index in [-0.39, 0.29) is 30.2 Å². The van der Waals surface area contributed by atoms with Crippen molar-refractivity contribution >= 4 is 29.1 Å². The summed E-state index contributed by atoms with van der Waals surface area (Å²) in [4.78, 5) is 43.6. The number of likely N-dealkylation sites (N-methyl/N-ethyl adjacent to an activating group) is 1. The lowest BCUT2D eigenvalue weighted by Crippen LogP contribution is -2.50. The Hall–Kier alpha value is -2.61. The van der Waals surface area contributed by atoms with Gasteiger partial charge in [0, 0.05) is 43.5 Å². The Bertz CT molecular complexity index is 774. The average molecular weight is 431 g/mol. The van der Waals surface area contributed by atoms with E-state index in [4.69, 9.17) is 4.74 Å². The van der Waals surface area contributed by atoms with Crippen LogP contribution in [0, 0.1) is 5.92 Å². The zero-order valence-corrected chi connectivity index (χ0v) is 18.8. The monoisotopic (exact) mass is 430 g/mol. The average Bonchev–Trinajstić information content (AvgIpc) is 3.27. The fraction of sp³-hybridized carbons (Fsp3) is 0.609. The second kappa shape index (κ2) is 10.6. The number of anilines is 2. The first-order chi connectivity index (χ1) is 14.9. The minimum Gasteiger partial charge on any atom is -0.378 e. The fourth-order valence-corrected chi connectivity index (χ4v) is 4.13. The van der Waals surface area contributed by atoms with Crippen molar-refractivity contribution in [3.05, 3.63) is 24.3 Å². The maximum atomic E-state index is 13.1. The smallest absolute Gasteiger partial charge is 0.245 e. The number of nitrogens with zero attached hydrogens (tertiary/aromatic N) is 3. The van der Waals surface area contributed by atoms with Crippen LogP contribution in [-0.4, -0.2) is 79.5 Å². The van der Waals surface area contributed by atoms with Crippen LogP contribution in [0.4, 0.5) is 11.4 Å². The molecule has 3 rings (SSSR count). The molecule has 31 heavy (non-hydrogen) atoms. The van der Waals surface area contributed by atoms with Crippen LogP contribution in [-0.2, 0) is 19.1 Å². The largest absolute Gasteiger partial charge is 0.378 e. The van der Waals surface area contributed by atoms with Crippen molar-refractivity contribution in [2.24, 2.45) is 5.92 Å². The van der Waals surface area contributed by atoms with E-state index in [0.717, 1.165) is 38.4 Å². The van der Waals surface area contributed by atoms with Gasteiger partial charge < -0.3 is 24.8 Å². The Morgan fingerprint density at radius 2 is 1.81 bits per heavy atom. The Labute approximate surface area is 184 Å². The molecule has 0 spiro atoms. The minimum atomic E-state index is -0.463. The topological polar surface area (TPSA) is 82.2 Å². The molecule has 3 amide bonds. The van der Waals surface area contributed by atoms with Crippen LogP contribution in [0.2, 0.25) is 0 Å². The third kappa shape index (κ3) is 5.76. The first-order valence-electron chi connectivity index (χ1n) is 11.2. The Morgan fingerprint density at radius 3 is 2.42 bits per heavy atom. The van der Waals surface area contributed by atoms with Crippen molar-refractivity contribution in [3.63, 3.8) is 0 Å². The van der Waals surface area contributed by atoms with Gasteiger partial charge in [0.1, 0.15) is 6.04 Å². The molecule has 170 valence electrons. The molecule has 1 aromatic carbocycles. The van der Waals surface area contributed by atoms with Gasteiger partial charge in [-0.1, -0.05) is 13.8 Å². The predicted molar refractivity (Wildman–Crippen MR) is 120 cm³/mol. The molecule has 0 radical (unpaired) electrons. The summed E-state index contributed by atoms with van der Waals surface area (Å²) in [5.74, 6) is -0.537. The number of carbonyl (C=O) groups excluding carboxylic acids is 3. The zero-order valence-electron chi connectivity index (χ0n) is 18.8. The highest BCUT2D eigenvalue weighted by molar-refractivity contribution is 5.96. The molecule has 8 nitrogen and oxygen atoms in total. The van der Waals surface area contributed by atoms with Crippen LogP contribution < -0.4 is 10.2 Å². The van der Waals surface area contributed by atoms with Gasteiger partial charge >= 0.3 is 0 Å². The van der Waals surface area contributed by atoms with Gasteiger partial charge in [0.25, 0.3) is 0 Å². The van der Waals surface area contributed by atoms with Gasteiger partial charge in [0.15, 0.2) is 0 Å². The van der Waals surface area contributed by atoms with Crippen LogP contribution in [0.1, 0.15) is 33.6 Å². The number of carbonyl (C=O) groups is 3. The van der Waals surface area contributed by atoms with E-state index in [0.29, 0.717) is 25.2 Å². The van der Waals surface area contributed by atoms with Crippen LogP contribution >= 0.6 is 0 Å². The van der Waals surface area contributed by atoms with Gasteiger partial charge in [0.05, 0.1) is 19.8 Å². The number of likely N-dealkylation sites (tertiary alicyclic amines) is 1. The van der Waals surface area contributed by atoms with E-state index in [2.05, 4.69) is 10.2 Å². The molecular formula is C23H34N4O4. The predicted octanol–water partition coefficient (Wildman–Crippen LogP) is 1.96. The molecule has 2 saturated heterocycles. The minimum absolute atomic E-state index is 0.00304. The molecule has 1 N–H and O–H groups in total. The number of rotatable bonds is 7. The van der Waals surface area contributed by atoms with Crippen molar-refractivity contribution in [1.82, 2.24) is 9.80 Å². The van der Waals surface area contributed by atoms with Gasteiger partial charge in [-0.2, -0.15) is 0 Å². The molecule has 2 aliphatic heterocycles. The summed E-state index contributed by atoms with van der Waals surface area (Å²) in [6, 6.07) is 7.26. The number of benzene rings is 1. The van der Waals surface area contributed by atoms with Crippen LogP contribution in [0.3, 0.4) is 0 Å². The summed E-state index contributed by atoms with van der Waals surface area (Å²) >= 11 is 0. The van der Waals surface area contributed by atoms with Crippen molar-refractivity contribution < 1.29 is 19.1 Å². The Balaban J connectivity index is 1.56. The quantitative estimate of drug-likeness (QED) is 0.715. The molecular weight excluding hydrogens is 396 g/mol. The van der Waals surface area contributed by atoms with Gasteiger partial charge in [-0.25, -0.2) is 0 Å². The Morgan fingerprint density at radius 1 is 1.13 bits per heavy atom. The van der Waals surface area contributed by atoms with Crippen LogP contribution in [0.25, 0.3) is 0 Å². The Kier molecular flexibility index (Phi) is 7.90. The SMILES string of the molecule is CCN(CC(=O)Nc1ccc(N2CCOCC2)cc1)C(=O)C1CCCN1C(=O)C(C)C. The summed E-state index contributed by atoms with van der Waals surface area (Å²) in [6.45, 7) is 9.70. The maximum Gasteiger partial charge on any atom is 0.245 e. The van der Waals surface area contributed by atoms with E-state index >= 15 is 0 Å². The lowest BCUT2D eigenvalue weighted by atomic mass is 10.1. The number of amides is 3. The number of morpholine rings is 1. The van der Waals surface area contributed by atoms with Gasteiger partial charge in [0.2, 0.25) is 17.7 Å². The summed E-state index contributed by atoms with van der Waals surface area (Å²) < 4.78 is 5.38. The molecule has 1 unspecified atom stereocenters. The molecule has 0 aromatic heterocycles. The van der Waals surface area contributed by atoms with E-state index in [1.165, 1.54) is 4.90 Å². The first kappa shape index (κ1) is 23.1. The first-order valence-corrected chi connectivity index (χ1v) is 11.2. The van der Waals surface area contributed by atoms with Crippen molar-refractivity contribution in [2.75, 3.05) is 56.2 Å². The second-order valence-electron chi connectivity index (χ2n) is 8.39.